The van der Waals surface area contributed by atoms with Crippen LogP contribution in [0.3, 0.4) is 0 Å². The average molecular weight is 923 g/mol. The Morgan fingerprint density at radius 2 is 1.80 bits per heavy atom. The van der Waals surface area contributed by atoms with Gasteiger partial charge in [0.15, 0.2) is 0 Å². The lowest BCUT2D eigenvalue weighted by molar-refractivity contribution is -0.139. The Morgan fingerprint density at radius 1 is 1.06 bits per heavy atom. The number of nitrogens with one attached hydrogen (secondary N) is 2. The number of ether oxygens (including phenoxy) is 2. The molecule has 4 amide bonds. The first-order valence-electron chi connectivity index (χ1n) is 22.9. The number of alkyl carbamates (subject to hydrolysis) is 1. The maximum atomic E-state index is 14.4. The molecule has 2 aliphatic heterocycles. The molecule has 0 bridgehead atoms. The van der Waals surface area contributed by atoms with Gasteiger partial charge in [-0.3, -0.25) is 23.7 Å². The Balaban J connectivity index is 0.986. The normalized spacial score (nSPS) is 23.1. The van der Waals surface area contributed by atoms with E-state index in [0.717, 1.165) is 72.5 Å². The van der Waals surface area contributed by atoms with Crippen molar-refractivity contribution in [1.82, 2.24) is 34.4 Å². The first-order valence-corrected chi connectivity index (χ1v) is 25.2. The molecule has 0 unspecified atom stereocenters. The monoisotopic (exact) mass is 922 g/mol. The minimum Gasteiger partial charge on any atom is -0.459 e. The third kappa shape index (κ3) is 11.1. The summed E-state index contributed by atoms with van der Waals surface area (Å²) in [6, 6.07) is 4.47. The van der Waals surface area contributed by atoms with Crippen molar-refractivity contribution in [2.75, 3.05) is 26.7 Å². The molecule has 3 aromatic rings. The Morgan fingerprint density at radius 3 is 2.47 bits per heavy atom. The number of carbonyl (C=O) groups is 4. The molecular formula is C46H66N8O8S2. The van der Waals surface area contributed by atoms with Gasteiger partial charge in [-0.25, -0.2) is 18.2 Å². The van der Waals surface area contributed by atoms with Gasteiger partial charge >= 0.3 is 6.09 Å². The molecule has 4 aliphatic rings. The van der Waals surface area contributed by atoms with E-state index >= 15 is 0 Å². The molecule has 18 heteroatoms. The summed E-state index contributed by atoms with van der Waals surface area (Å²) in [4.78, 5) is 66.8. The van der Waals surface area contributed by atoms with E-state index in [1.807, 2.05) is 34.9 Å². The molecule has 64 heavy (non-hydrogen) atoms. The zero-order chi connectivity index (χ0) is 46.1. The maximum Gasteiger partial charge on any atom is 0.408 e. The number of hydrogen-bond acceptors (Lipinski definition) is 12. The summed E-state index contributed by atoms with van der Waals surface area (Å²) >= 11 is 1.62. The number of fused-ring (bicyclic) bond motifs is 1. The molecule has 2 aliphatic carbocycles. The van der Waals surface area contributed by atoms with Crippen molar-refractivity contribution in [2.24, 2.45) is 17.6 Å². The van der Waals surface area contributed by atoms with Gasteiger partial charge in [0.1, 0.15) is 34.3 Å². The molecule has 4 N–H and O–H groups in total. The number of rotatable bonds is 18. The van der Waals surface area contributed by atoms with Crippen LogP contribution in [-0.2, 0) is 29.1 Å². The number of carbonyl (C=O) groups excluding carboxylic acids is 4. The van der Waals surface area contributed by atoms with Crippen LogP contribution in [0.1, 0.15) is 130 Å². The second kappa shape index (κ2) is 19.1. The number of aromatic nitrogens is 3. The van der Waals surface area contributed by atoms with Crippen LogP contribution in [0.25, 0.3) is 21.6 Å². The van der Waals surface area contributed by atoms with E-state index in [-0.39, 0.29) is 30.8 Å². The fourth-order valence-electron chi connectivity index (χ4n) is 8.77. The Hall–Kier alpha value is -4.55. The summed E-state index contributed by atoms with van der Waals surface area (Å²) in [5, 5.41) is 5.84. The highest BCUT2D eigenvalue weighted by Gasteiger charge is 2.52. The number of imidazole rings is 1. The van der Waals surface area contributed by atoms with Crippen molar-refractivity contribution in [3.05, 3.63) is 41.4 Å². The lowest BCUT2D eigenvalue weighted by atomic mass is 9.94. The highest BCUT2D eigenvalue weighted by Crippen LogP contribution is 2.44. The number of para-hydroxylation sites is 1. The number of allylic oxidation sites excluding steroid dienone is 2. The second-order valence-electron chi connectivity index (χ2n) is 19.8. The number of likely N-dealkylation sites (tertiary alicyclic amines) is 2. The van der Waals surface area contributed by atoms with Crippen LogP contribution in [0.2, 0.25) is 0 Å². The summed E-state index contributed by atoms with van der Waals surface area (Å²) < 4.78 is 40.5. The Kier molecular flexibility index (Phi) is 14.2. The van der Waals surface area contributed by atoms with E-state index in [2.05, 4.69) is 41.2 Å². The van der Waals surface area contributed by atoms with Gasteiger partial charge in [-0.15, -0.1) is 11.3 Å². The van der Waals surface area contributed by atoms with Gasteiger partial charge in [0.05, 0.1) is 22.5 Å². The van der Waals surface area contributed by atoms with E-state index in [1.165, 1.54) is 4.90 Å². The van der Waals surface area contributed by atoms with Crippen LogP contribution in [-0.4, -0.2) is 112 Å². The van der Waals surface area contributed by atoms with E-state index in [9.17, 15) is 27.6 Å². The number of amides is 4. The van der Waals surface area contributed by atoms with Gasteiger partial charge in [0.25, 0.3) is 6.01 Å². The highest BCUT2D eigenvalue weighted by molar-refractivity contribution is 7.91. The summed E-state index contributed by atoms with van der Waals surface area (Å²) in [5.41, 5.74) is 8.84. The molecule has 7 rings (SSSR count). The van der Waals surface area contributed by atoms with Crippen molar-refractivity contribution in [1.29, 1.82) is 0 Å². The third-order valence-corrected chi connectivity index (χ3v) is 16.1. The molecule has 0 radical (unpaired) electrons. The number of nitrogens with two attached hydrogens (primary N) is 1. The molecular weight excluding hydrogens is 857 g/mol. The molecule has 2 aromatic heterocycles. The number of unbranched alkanes of at least 4 members (excludes halogenated alkanes) is 3. The van der Waals surface area contributed by atoms with E-state index in [0.29, 0.717) is 44.0 Å². The zero-order valence-corrected chi connectivity index (χ0v) is 39.9. The zero-order valence-electron chi connectivity index (χ0n) is 38.3. The largest absolute Gasteiger partial charge is 0.459 e. The fraction of sp³-hybridized carbons (Fsp3) is 0.652. The van der Waals surface area contributed by atoms with Crippen LogP contribution >= 0.6 is 11.3 Å². The van der Waals surface area contributed by atoms with Crippen molar-refractivity contribution < 1.29 is 37.1 Å². The van der Waals surface area contributed by atoms with Crippen LogP contribution < -0.4 is 20.5 Å². The lowest BCUT2D eigenvalue weighted by Gasteiger charge is -2.28. The molecule has 1 aromatic carbocycles. The van der Waals surface area contributed by atoms with E-state index in [4.69, 9.17) is 25.2 Å². The number of hydrogen-bond donors (Lipinski definition) is 3. The molecule has 2 saturated carbocycles. The second-order valence-corrected chi connectivity index (χ2v) is 22.8. The maximum absolute atomic E-state index is 14.4. The number of nitrogens with zero attached hydrogens (tertiary/aromatic N) is 5. The van der Waals surface area contributed by atoms with Gasteiger partial charge in [0.2, 0.25) is 27.7 Å². The summed E-state index contributed by atoms with van der Waals surface area (Å²) in [6.45, 7) is 13.2. The summed E-state index contributed by atoms with van der Waals surface area (Å²) in [5.74, 6) is -1.43. The molecule has 4 fully saturated rings. The first-order chi connectivity index (χ1) is 30.2. The van der Waals surface area contributed by atoms with Gasteiger partial charge in [-0.05, 0) is 131 Å². The number of piperidine rings is 1. The quantitative estimate of drug-likeness (QED) is 0.0937. The topological polar surface area (TPSA) is 208 Å². The molecule has 16 nitrogen and oxygen atoms in total. The van der Waals surface area contributed by atoms with E-state index < -0.39 is 62.4 Å². The fourth-order valence-corrected chi connectivity index (χ4v) is 11.0. The van der Waals surface area contributed by atoms with Crippen molar-refractivity contribution >= 4 is 56.2 Å². The predicted molar refractivity (Wildman–Crippen MR) is 246 cm³/mol. The van der Waals surface area contributed by atoms with Crippen molar-refractivity contribution in [3.8, 4) is 16.6 Å². The van der Waals surface area contributed by atoms with Crippen LogP contribution in [0.15, 0.2) is 35.7 Å². The summed E-state index contributed by atoms with van der Waals surface area (Å²) in [7, 11) is -1.50. The summed E-state index contributed by atoms with van der Waals surface area (Å²) in [6.07, 6.45) is 9.90. The highest BCUT2D eigenvalue weighted by atomic mass is 32.2. The number of primary amides is 1. The molecule has 4 heterocycles. The Labute approximate surface area is 381 Å². The van der Waals surface area contributed by atoms with Crippen molar-refractivity contribution in [2.45, 2.75) is 153 Å². The van der Waals surface area contributed by atoms with Gasteiger partial charge < -0.3 is 30.3 Å². The van der Waals surface area contributed by atoms with E-state index in [1.54, 1.807) is 39.0 Å². The molecule has 350 valence electrons. The lowest BCUT2D eigenvalue weighted by Crippen LogP contribution is -2.53. The van der Waals surface area contributed by atoms with Crippen molar-refractivity contribution in [3.63, 3.8) is 0 Å². The minimum absolute atomic E-state index is 0.0153. The predicted octanol–water partition coefficient (Wildman–Crippen LogP) is 6.42. The standard InChI is InChI=1S/C46H66N8O8S2/c1-28(2)54-36-17-13-15-32(41-48-35(27-63-41)29-18-22-52(7)23-19-29)38(36)50-43(54)61-31-25-37(39(47)55)53(26-31)42(57)34(49-44(58)62-45(3,4)5)16-12-10-8-9-11-14-30-24-33(30)40(56)51-64(59,60)46(6)20-21-46/h11,13-15,17,27-31,33-34,37H,8-10,12,16,18-26H2,1-7H3,(H2,47,55)(H,49,58)(H,51,56)/b14-11-/t30-,31-,33+,34+,37+/m1/s1. The van der Waals surface area contributed by atoms with Crippen LogP contribution in [0.4, 0.5) is 4.79 Å². The van der Waals surface area contributed by atoms with Crippen LogP contribution in [0, 0.1) is 11.8 Å². The average Bonchev–Trinajstić information content (AvgIpc) is 3.98. The number of thiazole rings is 1. The van der Waals surface area contributed by atoms with Crippen LogP contribution in [0.5, 0.6) is 6.01 Å². The SMILES string of the molecule is CC(C)n1c(O[C@@H]2C[C@@H](C(N)=O)N(C(=O)[C@H](CCCCC/C=C\[C@@H]3C[C@@H]3C(=O)NS(=O)(=O)C3(C)CC3)NC(=O)OC(C)(C)C)C2)nc2c(-c3nc(C4CCN(C)CC4)cs3)cccc21. The molecule has 0 spiro atoms. The Bertz CT molecular complexity index is 2340. The smallest absolute Gasteiger partial charge is 0.408 e. The third-order valence-electron chi connectivity index (χ3n) is 13.0. The number of benzene rings is 1. The van der Waals surface area contributed by atoms with Gasteiger partial charge in [-0.2, -0.15) is 4.98 Å². The molecule has 2 saturated heterocycles. The van der Waals surface area contributed by atoms with Gasteiger partial charge in [0, 0.05) is 35.2 Å². The first kappa shape index (κ1) is 47.4. The number of sulfonamides is 1. The van der Waals surface area contributed by atoms with Gasteiger partial charge in [-0.1, -0.05) is 31.1 Å². The molecule has 5 atom stereocenters. The minimum atomic E-state index is -3.65.